The summed E-state index contributed by atoms with van der Waals surface area (Å²) < 4.78 is 12.1. The Morgan fingerprint density at radius 2 is 1.93 bits per heavy atom. The molecule has 0 amide bonds. The van der Waals surface area contributed by atoms with E-state index in [2.05, 4.69) is 0 Å². The van der Waals surface area contributed by atoms with Crippen molar-refractivity contribution in [3.63, 3.8) is 0 Å². The third-order valence-corrected chi connectivity index (χ3v) is 6.34. The average Bonchev–Trinajstić information content (AvgIpc) is 3.22. The maximum atomic E-state index is 13.0. The van der Waals surface area contributed by atoms with Gasteiger partial charge in [0.1, 0.15) is 10.7 Å². The van der Waals surface area contributed by atoms with Crippen molar-refractivity contribution in [2.75, 3.05) is 14.2 Å². The minimum atomic E-state index is -0.459. The molecule has 1 aliphatic heterocycles. The molecule has 0 saturated heterocycles. The molecule has 4 rings (SSSR count). The first-order valence-electron chi connectivity index (χ1n) is 8.97. The predicted molar refractivity (Wildman–Crippen MR) is 112 cm³/mol. The molecule has 2 aromatic heterocycles. The van der Waals surface area contributed by atoms with Crippen LogP contribution >= 0.6 is 11.3 Å². The largest absolute Gasteiger partial charge is 0.493 e. The lowest BCUT2D eigenvalue weighted by molar-refractivity contribution is -0.385. The molecule has 0 atom stereocenters. The van der Waals surface area contributed by atoms with Gasteiger partial charge in [0.05, 0.1) is 36.2 Å². The zero-order chi connectivity index (χ0) is 20.9. The Morgan fingerprint density at radius 1 is 1.24 bits per heavy atom. The van der Waals surface area contributed by atoms with Crippen molar-refractivity contribution in [1.82, 2.24) is 9.55 Å². The summed E-state index contributed by atoms with van der Waals surface area (Å²) in [4.78, 5) is 30.6. The number of ether oxygens (including phenoxy) is 2. The molecule has 8 nitrogen and oxygen atoms in total. The van der Waals surface area contributed by atoms with Crippen LogP contribution in [-0.2, 0) is 6.54 Å². The van der Waals surface area contributed by atoms with E-state index in [1.54, 1.807) is 16.7 Å². The summed E-state index contributed by atoms with van der Waals surface area (Å²) in [6.45, 7) is 4.40. The van der Waals surface area contributed by atoms with Crippen molar-refractivity contribution in [2.45, 2.75) is 26.8 Å². The number of aromatic nitrogens is 2. The van der Waals surface area contributed by atoms with E-state index in [9.17, 15) is 14.9 Å². The number of aryl methyl sites for hydroxylation is 2. The van der Waals surface area contributed by atoms with E-state index in [0.29, 0.717) is 40.3 Å². The summed E-state index contributed by atoms with van der Waals surface area (Å²) >= 11 is 1.49. The topological polar surface area (TPSA) is 96.5 Å². The van der Waals surface area contributed by atoms with E-state index in [4.69, 9.17) is 14.5 Å². The fourth-order valence-electron chi connectivity index (χ4n) is 3.61. The zero-order valence-electron chi connectivity index (χ0n) is 16.4. The van der Waals surface area contributed by atoms with Crippen molar-refractivity contribution < 1.29 is 14.4 Å². The van der Waals surface area contributed by atoms with Crippen LogP contribution in [0.1, 0.15) is 28.2 Å². The van der Waals surface area contributed by atoms with Crippen LogP contribution in [0.2, 0.25) is 0 Å². The van der Waals surface area contributed by atoms with E-state index >= 15 is 0 Å². The second kappa shape index (κ2) is 7.00. The molecule has 0 unspecified atom stereocenters. The minimum Gasteiger partial charge on any atom is -0.493 e. The van der Waals surface area contributed by atoms with Gasteiger partial charge in [0, 0.05) is 11.4 Å². The monoisotopic (exact) mass is 413 g/mol. The molecule has 0 radical (unpaired) electrons. The summed E-state index contributed by atoms with van der Waals surface area (Å²) in [6, 6.07) is 2.92. The number of hydrogen-bond donors (Lipinski definition) is 0. The van der Waals surface area contributed by atoms with Crippen LogP contribution in [-0.4, -0.2) is 28.7 Å². The summed E-state index contributed by atoms with van der Waals surface area (Å²) in [5.41, 5.74) is 1.97. The molecule has 0 aliphatic carbocycles. The first-order chi connectivity index (χ1) is 13.8. The first kappa shape index (κ1) is 19.1. The maximum absolute atomic E-state index is 13.0. The molecular weight excluding hydrogens is 394 g/mol. The molecule has 1 aliphatic rings. The number of nitro groups is 1. The lowest BCUT2D eigenvalue weighted by Crippen LogP contribution is -2.20. The Balaban J connectivity index is 1.92. The fourth-order valence-corrected chi connectivity index (χ4v) is 4.63. The number of fused-ring (bicyclic) bond motifs is 2. The highest BCUT2D eigenvalue weighted by molar-refractivity contribution is 7.18. The zero-order valence-corrected chi connectivity index (χ0v) is 17.3. The van der Waals surface area contributed by atoms with Crippen LogP contribution in [0.3, 0.4) is 0 Å². The number of benzene rings is 1. The van der Waals surface area contributed by atoms with Gasteiger partial charge in [0.15, 0.2) is 11.5 Å². The molecule has 0 N–H and O–H groups in total. The molecule has 29 heavy (non-hydrogen) atoms. The minimum absolute atomic E-state index is 0.0583. The molecule has 0 spiro atoms. The lowest BCUT2D eigenvalue weighted by atomic mass is 10.1. The second-order valence-corrected chi connectivity index (χ2v) is 8.00. The Bertz CT molecular complexity index is 1260. The van der Waals surface area contributed by atoms with Crippen LogP contribution in [0, 0.1) is 24.0 Å². The van der Waals surface area contributed by atoms with E-state index < -0.39 is 4.92 Å². The quantitative estimate of drug-likeness (QED) is 0.475. The number of methoxy groups -OCH3 is 2. The number of rotatable bonds is 4. The van der Waals surface area contributed by atoms with Gasteiger partial charge in [-0.3, -0.25) is 19.5 Å². The molecule has 0 bridgehead atoms. The molecule has 1 aromatic carbocycles. The number of allylic oxidation sites excluding steroid dienone is 1. The average molecular weight is 413 g/mol. The highest BCUT2D eigenvalue weighted by atomic mass is 32.1. The number of nitrogens with zero attached hydrogens (tertiary/aromatic N) is 3. The van der Waals surface area contributed by atoms with Gasteiger partial charge in [0.2, 0.25) is 0 Å². The lowest BCUT2D eigenvalue weighted by Gasteiger charge is -2.09. The van der Waals surface area contributed by atoms with Crippen molar-refractivity contribution in [1.29, 1.82) is 0 Å². The van der Waals surface area contributed by atoms with E-state index in [1.807, 2.05) is 13.8 Å². The van der Waals surface area contributed by atoms with E-state index in [0.717, 1.165) is 16.0 Å². The SMILES string of the molecule is COc1cc(/C=C2\CCn3c2nc2sc(C)c(C)c2c3=O)c([N+](=O)[O-])cc1OC. The standard InChI is InChI=1S/C20H19N3O5S/c1-10-11(2)29-19-17(10)20(24)22-6-5-12(18(22)21-19)7-13-8-15(27-3)16(28-4)9-14(13)23(25)26/h7-9H,5-6H2,1-4H3/b12-7+. The molecule has 3 aromatic rings. The Hall–Kier alpha value is -3.20. The van der Waals surface area contributed by atoms with Crippen molar-refractivity contribution >= 4 is 38.9 Å². The summed E-state index contributed by atoms with van der Waals surface area (Å²) in [7, 11) is 2.91. The Morgan fingerprint density at radius 3 is 2.59 bits per heavy atom. The number of thiophene rings is 1. The van der Waals surface area contributed by atoms with Gasteiger partial charge in [-0.05, 0) is 43.5 Å². The van der Waals surface area contributed by atoms with Gasteiger partial charge in [-0.15, -0.1) is 11.3 Å². The van der Waals surface area contributed by atoms with Crippen LogP contribution in [0.25, 0.3) is 21.9 Å². The van der Waals surface area contributed by atoms with E-state index in [-0.39, 0.29) is 17.0 Å². The second-order valence-electron chi connectivity index (χ2n) is 6.80. The van der Waals surface area contributed by atoms with Gasteiger partial charge >= 0.3 is 0 Å². The normalized spacial score (nSPS) is 14.4. The molecule has 0 fully saturated rings. The molecule has 9 heteroatoms. The highest BCUT2D eigenvalue weighted by Gasteiger charge is 2.25. The molecule has 0 saturated carbocycles. The predicted octanol–water partition coefficient (Wildman–Crippen LogP) is 3.94. The third-order valence-electron chi connectivity index (χ3n) is 5.24. The van der Waals surface area contributed by atoms with Crippen LogP contribution in [0.5, 0.6) is 11.5 Å². The van der Waals surface area contributed by atoms with E-state index in [1.165, 1.54) is 31.6 Å². The third kappa shape index (κ3) is 2.98. The van der Waals surface area contributed by atoms with Gasteiger partial charge in [-0.1, -0.05) is 0 Å². The maximum Gasteiger partial charge on any atom is 0.280 e. The Labute approximate surface area is 170 Å². The number of hydrogen-bond acceptors (Lipinski definition) is 7. The van der Waals surface area contributed by atoms with Gasteiger partial charge < -0.3 is 9.47 Å². The number of nitro benzene ring substituents is 1. The van der Waals surface area contributed by atoms with Crippen LogP contribution in [0.4, 0.5) is 5.69 Å². The van der Waals surface area contributed by atoms with Crippen LogP contribution < -0.4 is 15.0 Å². The fraction of sp³-hybridized carbons (Fsp3) is 0.300. The molecular formula is C20H19N3O5S. The van der Waals surface area contributed by atoms with Gasteiger partial charge in [-0.2, -0.15) is 0 Å². The highest BCUT2D eigenvalue weighted by Crippen LogP contribution is 2.38. The van der Waals surface area contributed by atoms with Gasteiger partial charge in [0.25, 0.3) is 11.2 Å². The van der Waals surface area contributed by atoms with Crippen molar-refractivity contribution in [3.8, 4) is 11.5 Å². The molecule has 150 valence electrons. The summed E-state index contributed by atoms with van der Waals surface area (Å²) in [6.07, 6.45) is 2.29. The van der Waals surface area contributed by atoms with Crippen LogP contribution in [0.15, 0.2) is 16.9 Å². The molecule has 3 heterocycles. The van der Waals surface area contributed by atoms with Gasteiger partial charge in [-0.25, -0.2) is 4.98 Å². The van der Waals surface area contributed by atoms with Crippen molar-refractivity contribution in [3.05, 3.63) is 54.4 Å². The Kier molecular flexibility index (Phi) is 4.62. The van der Waals surface area contributed by atoms with Crippen molar-refractivity contribution in [2.24, 2.45) is 0 Å². The summed E-state index contributed by atoms with van der Waals surface area (Å²) in [5.74, 6) is 1.25. The smallest absolute Gasteiger partial charge is 0.280 e. The first-order valence-corrected chi connectivity index (χ1v) is 9.79. The summed E-state index contributed by atoms with van der Waals surface area (Å²) in [5, 5.41) is 12.3.